The maximum Gasteiger partial charge on any atom is 0.356 e. The first-order chi connectivity index (χ1) is 10.0. The number of hydrogen-bond donors (Lipinski definition) is 0. The Balaban J connectivity index is 2.38. The van der Waals surface area contributed by atoms with E-state index in [-0.39, 0.29) is 5.69 Å². The molecule has 2 aromatic rings. The Kier molecular flexibility index (Phi) is 4.57. The Hall–Kier alpha value is -2.37. The first kappa shape index (κ1) is 15.0. The fourth-order valence-corrected chi connectivity index (χ4v) is 1.95. The third-order valence-corrected chi connectivity index (χ3v) is 2.91. The lowest BCUT2D eigenvalue weighted by molar-refractivity contribution is 0.0593. The number of rotatable bonds is 5. The summed E-state index contributed by atoms with van der Waals surface area (Å²) < 4.78 is 11.8. The standard InChI is InChI=1S/C15H19N3O3/c1-10(2)8-18-9-11(7-16-18)13-5-12(20-3)6-14(17-13)15(19)21-4/h5-7,9-10H,8H2,1-4H3. The van der Waals surface area contributed by atoms with E-state index in [2.05, 4.69) is 23.9 Å². The van der Waals surface area contributed by atoms with Gasteiger partial charge in [-0.25, -0.2) is 9.78 Å². The van der Waals surface area contributed by atoms with Crippen molar-refractivity contribution in [1.29, 1.82) is 0 Å². The zero-order chi connectivity index (χ0) is 15.4. The average Bonchev–Trinajstić information content (AvgIpc) is 2.93. The Bertz CT molecular complexity index is 635. The van der Waals surface area contributed by atoms with Crippen LogP contribution in [0.25, 0.3) is 11.3 Å². The number of carbonyl (C=O) groups is 1. The van der Waals surface area contributed by atoms with Gasteiger partial charge in [0.15, 0.2) is 5.69 Å². The predicted octanol–water partition coefficient (Wildman–Crippen LogP) is 2.40. The summed E-state index contributed by atoms with van der Waals surface area (Å²) in [5.41, 5.74) is 1.67. The van der Waals surface area contributed by atoms with Crippen molar-refractivity contribution in [1.82, 2.24) is 14.8 Å². The second-order valence-corrected chi connectivity index (χ2v) is 5.11. The fourth-order valence-electron chi connectivity index (χ4n) is 1.95. The van der Waals surface area contributed by atoms with Crippen LogP contribution in [0.3, 0.4) is 0 Å². The molecule has 6 nitrogen and oxygen atoms in total. The molecule has 2 heterocycles. The maximum atomic E-state index is 11.7. The molecular formula is C15H19N3O3. The Morgan fingerprint density at radius 2 is 2.10 bits per heavy atom. The van der Waals surface area contributed by atoms with Gasteiger partial charge in [0, 0.05) is 30.4 Å². The van der Waals surface area contributed by atoms with Crippen molar-refractivity contribution in [2.45, 2.75) is 20.4 Å². The van der Waals surface area contributed by atoms with Crippen LogP contribution in [0.1, 0.15) is 24.3 Å². The van der Waals surface area contributed by atoms with Crippen LogP contribution in [0.5, 0.6) is 5.75 Å². The highest BCUT2D eigenvalue weighted by Gasteiger charge is 2.13. The summed E-state index contributed by atoms with van der Waals surface area (Å²) in [6.45, 7) is 5.08. The molecule has 0 aliphatic rings. The first-order valence-corrected chi connectivity index (χ1v) is 6.70. The summed E-state index contributed by atoms with van der Waals surface area (Å²) >= 11 is 0. The molecule has 0 radical (unpaired) electrons. The summed E-state index contributed by atoms with van der Waals surface area (Å²) in [4.78, 5) is 16.0. The van der Waals surface area contributed by atoms with Crippen LogP contribution in [0.15, 0.2) is 24.5 Å². The smallest absolute Gasteiger partial charge is 0.356 e. The van der Waals surface area contributed by atoms with Gasteiger partial charge in [-0.2, -0.15) is 5.10 Å². The quantitative estimate of drug-likeness (QED) is 0.791. The second kappa shape index (κ2) is 6.39. The molecule has 0 amide bonds. The predicted molar refractivity (Wildman–Crippen MR) is 78.2 cm³/mol. The van der Waals surface area contributed by atoms with Crippen molar-refractivity contribution in [2.24, 2.45) is 5.92 Å². The van der Waals surface area contributed by atoms with E-state index >= 15 is 0 Å². The Morgan fingerprint density at radius 3 is 2.71 bits per heavy atom. The molecule has 0 atom stereocenters. The van der Waals surface area contributed by atoms with Gasteiger partial charge in [-0.1, -0.05) is 13.8 Å². The van der Waals surface area contributed by atoms with Gasteiger partial charge in [0.25, 0.3) is 0 Å². The number of ether oxygens (including phenoxy) is 2. The summed E-state index contributed by atoms with van der Waals surface area (Å²) in [5, 5.41) is 4.30. The van der Waals surface area contributed by atoms with Gasteiger partial charge in [-0.15, -0.1) is 0 Å². The molecule has 0 aromatic carbocycles. The van der Waals surface area contributed by atoms with Crippen LogP contribution in [-0.4, -0.2) is 35.0 Å². The molecule has 112 valence electrons. The fraction of sp³-hybridized carbons (Fsp3) is 0.400. The second-order valence-electron chi connectivity index (χ2n) is 5.11. The van der Waals surface area contributed by atoms with Crippen LogP contribution < -0.4 is 4.74 Å². The highest BCUT2D eigenvalue weighted by molar-refractivity contribution is 5.88. The molecule has 0 spiro atoms. The van der Waals surface area contributed by atoms with Gasteiger partial charge in [0.1, 0.15) is 5.75 Å². The summed E-state index contributed by atoms with van der Waals surface area (Å²) in [6, 6.07) is 3.32. The van der Waals surface area contributed by atoms with Gasteiger partial charge < -0.3 is 9.47 Å². The van der Waals surface area contributed by atoms with Crippen LogP contribution in [0, 0.1) is 5.92 Å². The highest BCUT2D eigenvalue weighted by atomic mass is 16.5. The monoisotopic (exact) mass is 289 g/mol. The van der Waals surface area contributed by atoms with Gasteiger partial charge in [-0.05, 0) is 5.92 Å². The van der Waals surface area contributed by atoms with E-state index < -0.39 is 5.97 Å². The molecule has 6 heteroatoms. The Morgan fingerprint density at radius 1 is 1.33 bits per heavy atom. The van der Waals surface area contributed by atoms with Crippen LogP contribution in [0.4, 0.5) is 0 Å². The van der Waals surface area contributed by atoms with Crippen molar-refractivity contribution in [3.63, 3.8) is 0 Å². The largest absolute Gasteiger partial charge is 0.497 e. The van der Waals surface area contributed by atoms with E-state index in [4.69, 9.17) is 9.47 Å². The summed E-state index contributed by atoms with van der Waals surface area (Å²) in [7, 11) is 2.87. The van der Waals surface area contributed by atoms with E-state index in [1.165, 1.54) is 7.11 Å². The van der Waals surface area contributed by atoms with Crippen LogP contribution in [0.2, 0.25) is 0 Å². The number of methoxy groups -OCH3 is 2. The molecule has 0 aliphatic carbocycles. The number of hydrogen-bond acceptors (Lipinski definition) is 5. The van der Waals surface area contributed by atoms with Crippen molar-refractivity contribution in [3.8, 4) is 17.0 Å². The lowest BCUT2D eigenvalue weighted by atomic mass is 10.2. The first-order valence-electron chi connectivity index (χ1n) is 6.70. The lowest BCUT2D eigenvalue weighted by Crippen LogP contribution is -2.05. The van der Waals surface area contributed by atoms with Crippen molar-refractivity contribution in [3.05, 3.63) is 30.2 Å². The highest BCUT2D eigenvalue weighted by Crippen LogP contribution is 2.23. The number of esters is 1. The third kappa shape index (κ3) is 3.59. The summed E-state index contributed by atoms with van der Waals surface area (Å²) in [6.07, 6.45) is 3.63. The summed E-state index contributed by atoms with van der Waals surface area (Å²) in [5.74, 6) is 0.559. The normalized spacial score (nSPS) is 10.7. The zero-order valence-electron chi connectivity index (χ0n) is 12.7. The molecular weight excluding hydrogens is 270 g/mol. The van der Waals surface area contributed by atoms with Crippen molar-refractivity contribution >= 4 is 5.97 Å². The topological polar surface area (TPSA) is 66.2 Å². The molecule has 0 unspecified atom stereocenters. The van der Waals surface area contributed by atoms with Crippen LogP contribution in [-0.2, 0) is 11.3 Å². The lowest BCUT2D eigenvalue weighted by Gasteiger charge is -2.06. The third-order valence-electron chi connectivity index (χ3n) is 2.91. The minimum atomic E-state index is -0.496. The van der Waals surface area contributed by atoms with E-state index in [0.29, 0.717) is 17.4 Å². The van der Waals surface area contributed by atoms with E-state index in [0.717, 1.165) is 12.1 Å². The minimum Gasteiger partial charge on any atom is -0.497 e. The molecule has 0 bridgehead atoms. The number of nitrogens with zero attached hydrogens (tertiary/aromatic N) is 3. The SMILES string of the molecule is COC(=O)c1cc(OC)cc(-c2cnn(CC(C)C)c2)n1. The molecule has 0 fully saturated rings. The average molecular weight is 289 g/mol. The maximum absolute atomic E-state index is 11.7. The number of carbonyl (C=O) groups excluding carboxylic acids is 1. The van der Waals surface area contributed by atoms with E-state index in [9.17, 15) is 4.79 Å². The molecule has 0 aliphatic heterocycles. The van der Waals surface area contributed by atoms with Gasteiger partial charge >= 0.3 is 5.97 Å². The van der Waals surface area contributed by atoms with E-state index in [1.54, 1.807) is 25.4 Å². The minimum absolute atomic E-state index is 0.212. The molecule has 2 rings (SSSR count). The molecule has 0 N–H and O–H groups in total. The van der Waals surface area contributed by atoms with Gasteiger partial charge in [0.2, 0.25) is 0 Å². The van der Waals surface area contributed by atoms with Gasteiger partial charge in [-0.3, -0.25) is 4.68 Å². The molecule has 2 aromatic heterocycles. The van der Waals surface area contributed by atoms with Crippen LogP contribution >= 0.6 is 0 Å². The number of pyridine rings is 1. The van der Waals surface area contributed by atoms with E-state index in [1.807, 2.05) is 10.9 Å². The Labute approximate surface area is 123 Å². The van der Waals surface area contributed by atoms with Gasteiger partial charge in [0.05, 0.1) is 26.1 Å². The molecule has 0 saturated heterocycles. The van der Waals surface area contributed by atoms with Crippen molar-refractivity contribution < 1.29 is 14.3 Å². The van der Waals surface area contributed by atoms with Crippen molar-refractivity contribution in [2.75, 3.05) is 14.2 Å². The number of aromatic nitrogens is 3. The molecule has 21 heavy (non-hydrogen) atoms. The molecule has 0 saturated carbocycles. The zero-order valence-corrected chi connectivity index (χ0v) is 12.7.